The van der Waals surface area contributed by atoms with Gasteiger partial charge in [-0.3, -0.25) is 9.59 Å². The number of rotatable bonds is 6. The Kier molecular flexibility index (Phi) is 6.64. The normalized spacial score (nSPS) is 10.3. The fourth-order valence-corrected chi connectivity index (χ4v) is 1.86. The number of carbonyl (C=O) groups is 2. The van der Waals surface area contributed by atoms with Gasteiger partial charge in [0.05, 0.1) is 6.61 Å². The van der Waals surface area contributed by atoms with E-state index in [0.717, 1.165) is 4.47 Å². The summed E-state index contributed by atoms with van der Waals surface area (Å²) in [6.45, 7) is 0.703. The number of ether oxygens (including phenoxy) is 1. The first-order valence-corrected chi connectivity index (χ1v) is 7.19. The number of hydrogen-bond acceptors (Lipinski definition) is 4. The van der Waals surface area contributed by atoms with Gasteiger partial charge in [-0.1, -0.05) is 0 Å². The highest BCUT2D eigenvalue weighted by molar-refractivity contribution is 9.10. The van der Waals surface area contributed by atoms with Crippen LogP contribution in [-0.2, 0) is 9.53 Å². The van der Waals surface area contributed by atoms with E-state index in [1.165, 1.54) is 9.80 Å². The lowest BCUT2D eigenvalue weighted by molar-refractivity contribution is -0.129. The molecule has 0 heterocycles. The molecule has 0 atom stereocenters. The van der Waals surface area contributed by atoms with E-state index in [1.54, 1.807) is 39.4 Å². The Labute approximate surface area is 133 Å². The molecule has 0 aromatic heterocycles. The lowest BCUT2D eigenvalue weighted by atomic mass is 10.1. The molecule has 1 aromatic carbocycles. The van der Waals surface area contributed by atoms with Gasteiger partial charge in [0.15, 0.2) is 0 Å². The van der Waals surface area contributed by atoms with Crippen LogP contribution < -0.4 is 5.73 Å². The van der Waals surface area contributed by atoms with Crippen molar-refractivity contribution < 1.29 is 14.3 Å². The molecule has 0 unspecified atom stereocenters. The van der Waals surface area contributed by atoms with Crippen molar-refractivity contribution in [2.45, 2.75) is 0 Å². The molecule has 0 fully saturated rings. The van der Waals surface area contributed by atoms with E-state index >= 15 is 0 Å². The number of benzene rings is 1. The maximum Gasteiger partial charge on any atom is 0.254 e. The molecular formula is C14H20BrN3O3. The van der Waals surface area contributed by atoms with Crippen molar-refractivity contribution in [3.8, 4) is 0 Å². The van der Waals surface area contributed by atoms with Crippen molar-refractivity contribution in [1.29, 1.82) is 0 Å². The molecule has 0 bridgehead atoms. The van der Waals surface area contributed by atoms with E-state index in [1.807, 2.05) is 0 Å². The number of nitrogens with zero attached hydrogens (tertiary/aromatic N) is 2. The Morgan fingerprint density at radius 1 is 1.33 bits per heavy atom. The molecule has 21 heavy (non-hydrogen) atoms. The van der Waals surface area contributed by atoms with E-state index in [0.29, 0.717) is 24.4 Å². The molecule has 2 amide bonds. The molecule has 7 heteroatoms. The zero-order valence-electron chi connectivity index (χ0n) is 12.4. The van der Waals surface area contributed by atoms with Crippen molar-refractivity contribution in [3.63, 3.8) is 0 Å². The monoisotopic (exact) mass is 357 g/mol. The smallest absolute Gasteiger partial charge is 0.254 e. The van der Waals surface area contributed by atoms with Crippen LogP contribution in [0.5, 0.6) is 0 Å². The highest BCUT2D eigenvalue weighted by atomic mass is 79.9. The largest absolute Gasteiger partial charge is 0.398 e. The second kappa shape index (κ2) is 7.99. The van der Waals surface area contributed by atoms with E-state index in [-0.39, 0.29) is 18.4 Å². The maximum absolute atomic E-state index is 12.5. The van der Waals surface area contributed by atoms with Crippen molar-refractivity contribution >= 4 is 33.4 Å². The Bertz CT molecular complexity index is 520. The highest BCUT2D eigenvalue weighted by Crippen LogP contribution is 2.21. The number of nitrogen functional groups attached to an aromatic ring is 1. The lowest BCUT2D eigenvalue weighted by Crippen LogP contribution is -2.41. The van der Waals surface area contributed by atoms with Crippen LogP contribution in [0.1, 0.15) is 10.4 Å². The fourth-order valence-electron chi connectivity index (χ4n) is 1.62. The Morgan fingerprint density at radius 3 is 2.52 bits per heavy atom. The molecule has 0 saturated heterocycles. The number of methoxy groups -OCH3 is 1. The number of anilines is 1. The number of likely N-dealkylation sites (N-methyl/N-ethyl adjacent to an activating group) is 1. The van der Waals surface area contributed by atoms with Crippen LogP contribution in [-0.4, -0.2) is 62.5 Å². The van der Waals surface area contributed by atoms with Gasteiger partial charge in [-0.2, -0.15) is 0 Å². The minimum Gasteiger partial charge on any atom is -0.398 e. The summed E-state index contributed by atoms with van der Waals surface area (Å²) in [6, 6.07) is 4.97. The molecule has 0 aliphatic rings. The number of nitrogens with two attached hydrogens (primary N) is 1. The van der Waals surface area contributed by atoms with Crippen LogP contribution in [0.15, 0.2) is 22.7 Å². The van der Waals surface area contributed by atoms with Crippen LogP contribution >= 0.6 is 15.9 Å². The van der Waals surface area contributed by atoms with Crippen LogP contribution in [0.4, 0.5) is 5.69 Å². The molecule has 1 aromatic rings. The van der Waals surface area contributed by atoms with Gasteiger partial charge in [0.1, 0.15) is 6.54 Å². The summed E-state index contributed by atoms with van der Waals surface area (Å²) in [6.07, 6.45) is 0. The summed E-state index contributed by atoms with van der Waals surface area (Å²) in [5.41, 5.74) is 6.71. The molecule has 0 aliphatic carbocycles. The van der Waals surface area contributed by atoms with Gasteiger partial charge in [-0.15, -0.1) is 0 Å². The first-order chi connectivity index (χ1) is 9.86. The average molecular weight is 358 g/mol. The van der Waals surface area contributed by atoms with E-state index in [2.05, 4.69) is 15.9 Å². The Morgan fingerprint density at radius 2 is 2.00 bits per heavy atom. The van der Waals surface area contributed by atoms with Crippen LogP contribution in [0, 0.1) is 0 Å². The number of carbonyl (C=O) groups excluding carboxylic acids is 2. The molecule has 0 spiro atoms. The van der Waals surface area contributed by atoms with Crippen molar-refractivity contribution in [2.75, 3.05) is 46.6 Å². The molecule has 6 nitrogen and oxygen atoms in total. The summed E-state index contributed by atoms with van der Waals surface area (Å²) in [5.74, 6) is -0.397. The first-order valence-electron chi connectivity index (χ1n) is 6.40. The van der Waals surface area contributed by atoms with Crippen molar-refractivity contribution in [3.05, 3.63) is 28.2 Å². The first kappa shape index (κ1) is 17.5. The standard InChI is InChI=1S/C14H20BrN3O3/c1-17(2)13(19)9-18(6-7-21-3)14(20)10-4-5-11(15)12(16)8-10/h4-5,8H,6-7,9,16H2,1-3H3. The average Bonchev–Trinajstić information content (AvgIpc) is 2.45. The molecule has 2 N–H and O–H groups in total. The third kappa shape index (κ3) is 5.02. The predicted octanol–water partition coefficient (Wildman–Crippen LogP) is 1.21. The topological polar surface area (TPSA) is 75.9 Å². The molecule has 1 rings (SSSR count). The van der Waals surface area contributed by atoms with Gasteiger partial charge in [-0.05, 0) is 34.1 Å². The molecule has 116 valence electrons. The quantitative estimate of drug-likeness (QED) is 0.776. The highest BCUT2D eigenvalue weighted by Gasteiger charge is 2.20. The second-order valence-corrected chi connectivity index (χ2v) is 5.60. The third-order valence-electron chi connectivity index (χ3n) is 2.92. The van der Waals surface area contributed by atoms with E-state index < -0.39 is 0 Å². The molecule has 0 radical (unpaired) electrons. The Balaban J connectivity index is 2.92. The third-order valence-corrected chi connectivity index (χ3v) is 3.64. The zero-order valence-corrected chi connectivity index (χ0v) is 14.0. The molecular weight excluding hydrogens is 338 g/mol. The Hall–Kier alpha value is -1.60. The van der Waals surface area contributed by atoms with Crippen LogP contribution in [0.3, 0.4) is 0 Å². The SMILES string of the molecule is COCCN(CC(=O)N(C)C)C(=O)c1ccc(Br)c(N)c1. The summed E-state index contributed by atoms with van der Waals surface area (Å²) < 4.78 is 5.72. The van der Waals surface area contributed by atoms with Crippen LogP contribution in [0.2, 0.25) is 0 Å². The van der Waals surface area contributed by atoms with E-state index in [4.69, 9.17) is 10.5 Å². The summed E-state index contributed by atoms with van der Waals surface area (Å²) in [5, 5.41) is 0. The summed E-state index contributed by atoms with van der Waals surface area (Å²) >= 11 is 3.29. The number of amides is 2. The van der Waals surface area contributed by atoms with E-state index in [9.17, 15) is 9.59 Å². The summed E-state index contributed by atoms with van der Waals surface area (Å²) in [7, 11) is 4.85. The second-order valence-electron chi connectivity index (χ2n) is 4.74. The van der Waals surface area contributed by atoms with Gasteiger partial charge in [0.25, 0.3) is 5.91 Å². The zero-order chi connectivity index (χ0) is 16.0. The number of halogens is 1. The fraction of sp³-hybridized carbons (Fsp3) is 0.429. The minimum atomic E-state index is -0.249. The number of hydrogen-bond donors (Lipinski definition) is 1. The maximum atomic E-state index is 12.5. The summed E-state index contributed by atoms with van der Waals surface area (Å²) in [4.78, 5) is 27.2. The predicted molar refractivity (Wildman–Crippen MR) is 85.0 cm³/mol. The van der Waals surface area contributed by atoms with Gasteiger partial charge < -0.3 is 20.3 Å². The van der Waals surface area contributed by atoms with Crippen molar-refractivity contribution in [1.82, 2.24) is 9.80 Å². The minimum absolute atomic E-state index is 0.00512. The lowest BCUT2D eigenvalue weighted by Gasteiger charge is -2.23. The van der Waals surface area contributed by atoms with Crippen LogP contribution in [0.25, 0.3) is 0 Å². The van der Waals surface area contributed by atoms with Crippen molar-refractivity contribution in [2.24, 2.45) is 0 Å². The van der Waals surface area contributed by atoms with Gasteiger partial charge in [0, 0.05) is 43.5 Å². The molecule has 0 aliphatic heterocycles. The van der Waals surface area contributed by atoms with Gasteiger partial charge >= 0.3 is 0 Å². The molecule has 0 saturated carbocycles. The van der Waals surface area contributed by atoms with Gasteiger partial charge in [0.2, 0.25) is 5.91 Å². The van der Waals surface area contributed by atoms with Gasteiger partial charge in [-0.25, -0.2) is 0 Å².